The van der Waals surface area contributed by atoms with Crippen LogP contribution < -0.4 is 15.0 Å². The van der Waals surface area contributed by atoms with Crippen LogP contribution in [0.4, 0.5) is 11.4 Å². The maximum atomic E-state index is 12.7. The first kappa shape index (κ1) is 19.0. The molecule has 0 saturated heterocycles. The second-order valence-corrected chi connectivity index (χ2v) is 7.67. The number of methoxy groups -OCH3 is 1. The summed E-state index contributed by atoms with van der Waals surface area (Å²) in [5.74, 6) is 0.399. The fraction of sp³-hybridized carbons (Fsp3) is 0.136. The molecule has 0 atom stereocenters. The summed E-state index contributed by atoms with van der Waals surface area (Å²) in [7, 11) is 3.33. The molecule has 29 heavy (non-hydrogen) atoms. The van der Waals surface area contributed by atoms with Crippen molar-refractivity contribution in [2.75, 3.05) is 24.4 Å². The number of carbonyl (C=O) groups excluding carboxylic acids is 2. The number of carbonyl (C=O) groups is 2. The maximum absolute atomic E-state index is 12.7. The van der Waals surface area contributed by atoms with Crippen molar-refractivity contribution in [1.82, 2.24) is 4.98 Å². The SMILES string of the molecule is COc1ccc(C(=O)Nc2ccc3c(c2)Sc2ncccc2C(=O)N3C)c(C)c1. The van der Waals surface area contributed by atoms with Crippen molar-refractivity contribution in [2.24, 2.45) is 0 Å². The second kappa shape index (κ2) is 7.60. The molecule has 7 heteroatoms. The van der Waals surface area contributed by atoms with E-state index in [1.165, 1.54) is 11.8 Å². The Bertz CT molecular complexity index is 1130. The Hall–Kier alpha value is -3.32. The van der Waals surface area contributed by atoms with Gasteiger partial charge in [-0.25, -0.2) is 4.98 Å². The molecule has 1 aliphatic rings. The molecule has 146 valence electrons. The molecule has 0 bridgehead atoms. The Morgan fingerprint density at radius 1 is 1.17 bits per heavy atom. The molecule has 2 heterocycles. The van der Waals surface area contributed by atoms with Gasteiger partial charge in [0.2, 0.25) is 0 Å². The zero-order valence-corrected chi connectivity index (χ0v) is 17.0. The molecule has 4 rings (SSSR count). The number of pyridine rings is 1. The third-order valence-corrected chi connectivity index (χ3v) is 5.84. The summed E-state index contributed by atoms with van der Waals surface area (Å²) in [4.78, 5) is 32.3. The van der Waals surface area contributed by atoms with Crippen LogP contribution in [0.25, 0.3) is 0 Å². The van der Waals surface area contributed by atoms with Crippen LogP contribution >= 0.6 is 11.8 Å². The number of anilines is 2. The second-order valence-electron chi connectivity index (χ2n) is 6.64. The minimum atomic E-state index is -0.202. The topological polar surface area (TPSA) is 71.5 Å². The molecule has 0 fully saturated rings. The van der Waals surface area contributed by atoms with E-state index in [0.29, 0.717) is 27.6 Å². The fourth-order valence-electron chi connectivity index (χ4n) is 3.20. The van der Waals surface area contributed by atoms with E-state index in [2.05, 4.69) is 10.3 Å². The zero-order chi connectivity index (χ0) is 20.5. The van der Waals surface area contributed by atoms with Gasteiger partial charge in [0, 0.05) is 29.4 Å². The van der Waals surface area contributed by atoms with E-state index in [0.717, 1.165) is 16.1 Å². The van der Waals surface area contributed by atoms with Crippen molar-refractivity contribution in [3.8, 4) is 5.75 Å². The van der Waals surface area contributed by atoms with Crippen LogP contribution in [-0.4, -0.2) is 31.0 Å². The third-order valence-electron chi connectivity index (χ3n) is 4.77. The summed E-state index contributed by atoms with van der Waals surface area (Å²) in [6.45, 7) is 1.87. The normalized spacial score (nSPS) is 12.7. The molecular formula is C22H19N3O3S. The lowest BCUT2D eigenvalue weighted by molar-refractivity contribution is 0.0987. The molecule has 6 nitrogen and oxygen atoms in total. The number of nitrogens with one attached hydrogen (secondary N) is 1. The van der Waals surface area contributed by atoms with Crippen molar-refractivity contribution in [3.63, 3.8) is 0 Å². The van der Waals surface area contributed by atoms with Gasteiger partial charge in [0.05, 0.1) is 18.4 Å². The Balaban J connectivity index is 1.65. The van der Waals surface area contributed by atoms with E-state index in [4.69, 9.17) is 4.74 Å². The molecule has 0 spiro atoms. The van der Waals surface area contributed by atoms with Crippen molar-refractivity contribution < 1.29 is 14.3 Å². The molecule has 3 aromatic rings. The number of hydrogen-bond donors (Lipinski definition) is 1. The van der Waals surface area contributed by atoms with Crippen LogP contribution in [0.5, 0.6) is 5.75 Å². The molecule has 2 amide bonds. The number of ether oxygens (including phenoxy) is 1. The van der Waals surface area contributed by atoms with Gasteiger partial charge in [0.1, 0.15) is 10.8 Å². The lowest BCUT2D eigenvalue weighted by Gasteiger charge is -2.18. The number of nitrogens with zero attached hydrogens (tertiary/aromatic N) is 2. The number of fused-ring (bicyclic) bond motifs is 2. The molecule has 0 saturated carbocycles. The minimum Gasteiger partial charge on any atom is -0.497 e. The van der Waals surface area contributed by atoms with Gasteiger partial charge < -0.3 is 15.0 Å². The quantitative estimate of drug-likeness (QED) is 0.700. The first-order valence-electron chi connectivity index (χ1n) is 8.99. The Kier molecular flexibility index (Phi) is 4.98. The standard InChI is InChI=1S/C22H19N3O3S/c1-13-11-15(28-3)7-8-16(13)20(26)24-14-6-9-18-19(12-14)29-21-17(5-4-10-23-21)22(27)25(18)2/h4-12H,1-3H3,(H,24,26). The highest BCUT2D eigenvalue weighted by atomic mass is 32.2. The van der Waals surface area contributed by atoms with E-state index >= 15 is 0 Å². The van der Waals surface area contributed by atoms with E-state index in [9.17, 15) is 9.59 Å². The highest BCUT2D eigenvalue weighted by Gasteiger charge is 2.25. The van der Waals surface area contributed by atoms with Gasteiger partial charge in [-0.2, -0.15) is 0 Å². The van der Waals surface area contributed by atoms with Crippen LogP contribution in [0.2, 0.25) is 0 Å². The molecule has 0 unspecified atom stereocenters. The Labute approximate surface area is 172 Å². The summed E-state index contributed by atoms with van der Waals surface area (Å²) in [6, 6.07) is 14.4. The largest absolute Gasteiger partial charge is 0.497 e. The smallest absolute Gasteiger partial charge is 0.260 e. The maximum Gasteiger partial charge on any atom is 0.260 e. The summed E-state index contributed by atoms with van der Waals surface area (Å²) < 4.78 is 5.20. The van der Waals surface area contributed by atoms with Crippen molar-refractivity contribution in [1.29, 1.82) is 0 Å². The molecule has 1 aromatic heterocycles. The van der Waals surface area contributed by atoms with E-state index in [1.54, 1.807) is 55.6 Å². The van der Waals surface area contributed by atoms with Crippen LogP contribution in [0.1, 0.15) is 26.3 Å². The van der Waals surface area contributed by atoms with Crippen LogP contribution in [0, 0.1) is 6.92 Å². The molecular weight excluding hydrogens is 386 g/mol. The molecule has 0 radical (unpaired) electrons. The molecule has 1 aliphatic heterocycles. The van der Waals surface area contributed by atoms with E-state index in [-0.39, 0.29) is 11.8 Å². The first-order valence-corrected chi connectivity index (χ1v) is 9.80. The van der Waals surface area contributed by atoms with Gasteiger partial charge in [-0.15, -0.1) is 0 Å². The van der Waals surface area contributed by atoms with Gasteiger partial charge >= 0.3 is 0 Å². The Morgan fingerprint density at radius 2 is 2.00 bits per heavy atom. The summed E-state index contributed by atoms with van der Waals surface area (Å²) in [5.41, 5.74) is 3.39. The number of rotatable bonds is 3. The van der Waals surface area contributed by atoms with Gasteiger partial charge in [-0.1, -0.05) is 11.8 Å². The third kappa shape index (κ3) is 3.56. The monoisotopic (exact) mass is 405 g/mol. The van der Waals surface area contributed by atoms with Crippen molar-refractivity contribution >= 4 is 35.0 Å². The highest BCUT2D eigenvalue weighted by molar-refractivity contribution is 7.99. The lowest BCUT2D eigenvalue weighted by atomic mass is 10.1. The van der Waals surface area contributed by atoms with E-state index < -0.39 is 0 Å². The zero-order valence-electron chi connectivity index (χ0n) is 16.2. The molecule has 1 N–H and O–H groups in total. The van der Waals surface area contributed by atoms with Crippen LogP contribution in [0.3, 0.4) is 0 Å². The van der Waals surface area contributed by atoms with Crippen LogP contribution in [-0.2, 0) is 0 Å². The van der Waals surface area contributed by atoms with Crippen molar-refractivity contribution in [3.05, 3.63) is 71.4 Å². The number of aromatic nitrogens is 1. The number of amides is 2. The minimum absolute atomic E-state index is 0.106. The Morgan fingerprint density at radius 3 is 2.76 bits per heavy atom. The first-order chi connectivity index (χ1) is 14.0. The van der Waals surface area contributed by atoms with Crippen molar-refractivity contribution in [2.45, 2.75) is 16.8 Å². The molecule has 0 aliphatic carbocycles. The average Bonchev–Trinajstić information content (AvgIpc) is 2.82. The summed E-state index contributed by atoms with van der Waals surface area (Å²) >= 11 is 1.41. The number of benzene rings is 2. The fourth-order valence-corrected chi connectivity index (χ4v) is 4.28. The lowest BCUT2D eigenvalue weighted by Crippen LogP contribution is -2.26. The van der Waals surface area contributed by atoms with Gasteiger partial charge in [-0.3, -0.25) is 9.59 Å². The molecule has 2 aromatic carbocycles. The van der Waals surface area contributed by atoms with Gasteiger partial charge in [0.25, 0.3) is 11.8 Å². The summed E-state index contributed by atoms with van der Waals surface area (Å²) in [5, 5.41) is 3.59. The van der Waals surface area contributed by atoms with Gasteiger partial charge in [-0.05, 0) is 61.0 Å². The predicted octanol–water partition coefficient (Wildman–Crippen LogP) is 4.39. The highest BCUT2D eigenvalue weighted by Crippen LogP contribution is 2.41. The van der Waals surface area contributed by atoms with E-state index in [1.807, 2.05) is 25.1 Å². The predicted molar refractivity (Wildman–Crippen MR) is 113 cm³/mol. The van der Waals surface area contributed by atoms with Crippen LogP contribution in [0.15, 0.2) is 64.6 Å². The average molecular weight is 405 g/mol. The number of hydrogen-bond acceptors (Lipinski definition) is 5. The number of aryl methyl sites for hydroxylation is 1. The summed E-state index contributed by atoms with van der Waals surface area (Å²) in [6.07, 6.45) is 1.67. The van der Waals surface area contributed by atoms with Gasteiger partial charge in [0.15, 0.2) is 0 Å².